The zero-order valence-electron chi connectivity index (χ0n) is 17.7. The fourth-order valence-corrected chi connectivity index (χ4v) is 3.47. The number of rotatable bonds is 8. The van der Waals surface area contributed by atoms with Gasteiger partial charge in [0, 0.05) is 45.1 Å². The molecule has 1 unspecified atom stereocenters. The number of carbonyl (C=O) groups excluding carboxylic acids is 2. The smallest absolute Gasteiger partial charge is 0.258 e. The van der Waals surface area contributed by atoms with Crippen molar-refractivity contribution in [3.05, 3.63) is 60.4 Å². The fourth-order valence-electron chi connectivity index (χ4n) is 3.47. The second-order valence-electron chi connectivity index (χ2n) is 7.85. The number of nitrogens with one attached hydrogen (secondary N) is 1. The van der Waals surface area contributed by atoms with Crippen LogP contribution in [0.5, 0.6) is 5.75 Å². The molecule has 0 saturated carbocycles. The molecule has 2 heterocycles. The Kier molecular flexibility index (Phi) is 7.79. The van der Waals surface area contributed by atoms with Crippen molar-refractivity contribution in [3.63, 3.8) is 0 Å². The lowest BCUT2D eigenvalue weighted by atomic mass is 10.0. The average Bonchev–Trinajstić information content (AvgIpc) is 2.77. The maximum atomic E-state index is 13.1. The summed E-state index contributed by atoms with van der Waals surface area (Å²) >= 11 is 0. The fraction of sp³-hybridized carbons (Fsp3) is 0.435. The van der Waals surface area contributed by atoms with Crippen LogP contribution in [-0.2, 0) is 16.1 Å². The van der Waals surface area contributed by atoms with E-state index in [1.807, 2.05) is 49.2 Å². The van der Waals surface area contributed by atoms with Gasteiger partial charge in [-0.2, -0.15) is 0 Å². The number of hydrogen-bond donors (Lipinski definition) is 1. The summed E-state index contributed by atoms with van der Waals surface area (Å²) < 4.78 is 5.50. The highest BCUT2D eigenvalue weighted by Gasteiger charge is 2.30. The van der Waals surface area contributed by atoms with E-state index >= 15 is 0 Å². The van der Waals surface area contributed by atoms with Crippen LogP contribution in [0.25, 0.3) is 0 Å². The summed E-state index contributed by atoms with van der Waals surface area (Å²) in [6.45, 7) is 7.51. The van der Waals surface area contributed by atoms with Gasteiger partial charge in [-0.3, -0.25) is 19.5 Å². The topological polar surface area (TPSA) is 74.8 Å². The third-order valence-corrected chi connectivity index (χ3v) is 5.18. The molecule has 1 aliphatic heterocycles. The van der Waals surface area contributed by atoms with Gasteiger partial charge in [0.25, 0.3) is 5.91 Å². The minimum Gasteiger partial charge on any atom is -0.484 e. The highest BCUT2D eigenvalue weighted by Crippen LogP contribution is 2.12. The van der Waals surface area contributed by atoms with Gasteiger partial charge in [-0.15, -0.1) is 0 Å². The number of pyridine rings is 1. The molecule has 1 atom stereocenters. The van der Waals surface area contributed by atoms with E-state index in [2.05, 4.69) is 21.3 Å². The van der Waals surface area contributed by atoms with Crippen molar-refractivity contribution in [2.75, 3.05) is 32.8 Å². The van der Waals surface area contributed by atoms with E-state index in [0.717, 1.165) is 19.6 Å². The number of aromatic nitrogens is 1. The van der Waals surface area contributed by atoms with Crippen LogP contribution < -0.4 is 10.1 Å². The molecule has 2 aromatic rings. The summed E-state index contributed by atoms with van der Waals surface area (Å²) in [5.41, 5.74) is 1.17. The summed E-state index contributed by atoms with van der Waals surface area (Å²) in [4.78, 5) is 33.7. The first kappa shape index (κ1) is 21.8. The molecular formula is C23H30N4O3. The molecule has 0 spiro atoms. The van der Waals surface area contributed by atoms with E-state index in [9.17, 15) is 9.59 Å². The van der Waals surface area contributed by atoms with Crippen molar-refractivity contribution in [2.45, 2.75) is 26.4 Å². The van der Waals surface area contributed by atoms with Gasteiger partial charge < -0.3 is 15.0 Å². The van der Waals surface area contributed by atoms with E-state index in [1.54, 1.807) is 18.3 Å². The molecule has 0 radical (unpaired) electrons. The summed E-state index contributed by atoms with van der Waals surface area (Å²) in [5, 5.41) is 2.86. The van der Waals surface area contributed by atoms with Crippen molar-refractivity contribution in [1.29, 1.82) is 0 Å². The molecule has 1 N–H and O–H groups in total. The van der Waals surface area contributed by atoms with Gasteiger partial charge in [0.05, 0.1) is 0 Å². The Bertz CT molecular complexity index is 806. The first-order valence-corrected chi connectivity index (χ1v) is 10.4. The molecular weight excluding hydrogens is 380 g/mol. The van der Waals surface area contributed by atoms with E-state index < -0.39 is 6.04 Å². The van der Waals surface area contributed by atoms with Crippen molar-refractivity contribution in [2.24, 2.45) is 5.92 Å². The van der Waals surface area contributed by atoms with Crippen LogP contribution in [0.4, 0.5) is 0 Å². The standard InChI is InChI=1S/C23H30N4O3/c1-18(2)22(25-21(28)17-30-20-8-4-3-5-9-20)23(29)27-13-11-26(12-14-27)16-19-7-6-10-24-15-19/h3-10,15,18,22H,11-14,16-17H2,1-2H3,(H,25,28). The SMILES string of the molecule is CC(C)C(NC(=O)COc1ccccc1)C(=O)N1CCN(Cc2cccnc2)CC1. The van der Waals surface area contributed by atoms with E-state index in [0.29, 0.717) is 18.8 Å². The van der Waals surface area contributed by atoms with Gasteiger partial charge in [0.2, 0.25) is 5.91 Å². The largest absolute Gasteiger partial charge is 0.484 e. The predicted molar refractivity (Wildman–Crippen MR) is 115 cm³/mol. The van der Waals surface area contributed by atoms with Crippen molar-refractivity contribution < 1.29 is 14.3 Å². The Hall–Kier alpha value is -2.93. The Labute approximate surface area is 178 Å². The molecule has 7 heteroatoms. The Morgan fingerprint density at radius 2 is 1.80 bits per heavy atom. The number of carbonyl (C=O) groups is 2. The Morgan fingerprint density at radius 1 is 1.07 bits per heavy atom. The summed E-state index contributed by atoms with van der Waals surface area (Å²) in [6, 6.07) is 12.6. The third-order valence-electron chi connectivity index (χ3n) is 5.18. The molecule has 7 nitrogen and oxygen atoms in total. The molecule has 1 aromatic heterocycles. The highest BCUT2D eigenvalue weighted by atomic mass is 16.5. The molecule has 0 bridgehead atoms. The van der Waals surface area contributed by atoms with Crippen molar-refractivity contribution >= 4 is 11.8 Å². The maximum absolute atomic E-state index is 13.1. The first-order valence-electron chi connectivity index (χ1n) is 10.4. The number of para-hydroxylation sites is 1. The minimum atomic E-state index is -0.554. The zero-order valence-corrected chi connectivity index (χ0v) is 17.7. The Balaban J connectivity index is 1.48. The maximum Gasteiger partial charge on any atom is 0.258 e. The first-order chi connectivity index (χ1) is 14.5. The number of benzene rings is 1. The molecule has 30 heavy (non-hydrogen) atoms. The lowest BCUT2D eigenvalue weighted by Gasteiger charge is -2.37. The van der Waals surface area contributed by atoms with Crippen molar-refractivity contribution in [3.8, 4) is 5.75 Å². The van der Waals surface area contributed by atoms with Crippen LogP contribution in [-0.4, -0.2) is 65.4 Å². The second-order valence-corrected chi connectivity index (χ2v) is 7.85. The lowest BCUT2D eigenvalue weighted by molar-refractivity contribution is -0.139. The average molecular weight is 411 g/mol. The van der Waals surface area contributed by atoms with Crippen LogP contribution in [0.2, 0.25) is 0 Å². The molecule has 1 fully saturated rings. The second kappa shape index (κ2) is 10.7. The molecule has 2 amide bonds. The number of nitrogens with zero attached hydrogens (tertiary/aromatic N) is 3. The normalized spacial score (nSPS) is 15.6. The van der Waals surface area contributed by atoms with Gasteiger partial charge in [-0.1, -0.05) is 38.1 Å². The summed E-state index contributed by atoms with van der Waals surface area (Å²) in [5.74, 6) is 0.302. The lowest BCUT2D eigenvalue weighted by Crippen LogP contribution is -2.56. The number of amides is 2. The molecule has 160 valence electrons. The van der Waals surface area contributed by atoms with Gasteiger partial charge in [0.15, 0.2) is 6.61 Å². The van der Waals surface area contributed by atoms with Gasteiger partial charge in [-0.05, 0) is 29.7 Å². The molecule has 3 rings (SSSR count). The zero-order chi connectivity index (χ0) is 21.3. The number of ether oxygens (including phenoxy) is 1. The summed E-state index contributed by atoms with van der Waals surface area (Å²) in [6.07, 6.45) is 3.64. The van der Waals surface area contributed by atoms with Crippen LogP contribution in [0.3, 0.4) is 0 Å². The Morgan fingerprint density at radius 3 is 2.43 bits per heavy atom. The molecule has 1 saturated heterocycles. The van der Waals surface area contributed by atoms with E-state index in [-0.39, 0.29) is 24.3 Å². The quantitative estimate of drug-likeness (QED) is 0.720. The van der Waals surface area contributed by atoms with Gasteiger partial charge >= 0.3 is 0 Å². The summed E-state index contributed by atoms with van der Waals surface area (Å²) in [7, 11) is 0. The predicted octanol–water partition coefficient (Wildman–Crippen LogP) is 1.95. The van der Waals surface area contributed by atoms with Gasteiger partial charge in [-0.25, -0.2) is 0 Å². The van der Waals surface area contributed by atoms with E-state index in [1.165, 1.54) is 5.56 Å². The molecule has 0 aliphatic carbocycles. The third kappa shape index (κ3) is 6.29. The van der Waals surface area contributed by atoms with Crippen LogP contribution >= 0.6 is 0 Å². The molecule has 1 aliphatic rings. The number of hydrogen-bond acceptors (Lipinski definition) is 5. The monoisotopic (exact) mass is 410 g/mol. The number of piperazine rings is 1. The van der Waals surface area contributed by atoms with Crippen LogP contribution in [0, 0.1) is 5.92 Å². The minimum absolute atomic E-state index is 0.00778. The van der Waals surface area contributed by atoms with Gasteiger partial charge in [0.1, 0.15) is 11.8 Å². The van der Waals surface area contributed by atoms with Crippen molar-refractivity contribution in [1.82, 2.24) is 20.1 Å². The van der Waals surface area contributed by atoms with Crippen LogP contribution in [0.15, 0.2) is 54.9 Å². The molecule has 1 aromatic carbocycles. The van der Waals surface area contributed by atoms with E-state index in [4.69, 9.17) is 4.74 Å². The highest BCUT2D eigenvalue weighted by molar-refractivity contribution is 5.88. The van der Waals surface area contributed by atoms with Crippen LogP contribution in [0.1, 0.15) is 19.4 Å².